The molecule has 3 rings (SSSR count). The molecule has 2 aromatic carbocycles. The van der Waals surface area contributed by atoms with E-state index in [1.165, 1.54) is 22.5 Å². The summed E-state index contributed by atoms with van der Waals surface area (Å²) in [5, 5.41) is 8.88. The van der Waals surface area contributed by atoms with Crippen molar-refractivity contribution < 1.29 is 22.7 Å². The largest absolute Gasteiger partial charge is 0.454 e. The molecule has 0 aliphatic carbocycles. The minimum atomic E-state index is -3.40. The van der Waals surface area contributed by atoms with Crippen molar-refractivity contribution >= 4 is 27.5 Å². The van der Waals surface area contributed by atoms with Crippen LogP contribution in [0.25, 0.3) is 0 Å². The smallest absolute Gasteiger partial charge is 0.338 e. The number of benzene rings is 2. The van der Waals surface area contributed by atoms with E-state index >= 15 is 0 Å². The van der Waals surface area contributed by atoms with Crippen LogP contribution in [0.2, 0.25) is 0 Å². The summed E-state index contributed by atoms with van der Waals surface area (Å²) in [6.07, 6.45) is 1.66. The Hall–Kier alpha value is -3.18. The van der Waals surface area contributed by atoms with Gasteiger partial charge in [0.05, 0.1) is 29.1 Å². The van der Waals surface area contributed by atoms with Gasteiger partial charge < -0.3 is 4.74 Å². The zero-order valence-electron chi connectivity index (χ0n) is 15.4. The molecule has 0 N–H and O–H groups in total. The standard InChI is InChI=1S/C20H18N2O5S/c1-13-8-17-10-15(6-7-18(17)22(13)28(2,25)26)19(23)12-27-20(24)16-5-3-4-14(9-16)11-21/h3-7,9-10,13H,8,12H2,1-2H3/t13-/m1/s1. The van der Waals surface area contributed by atoms with Crippen molar-refractivity contribution in [2.45, 2.75) is 19.4 Å². The predicted octanol–water partition coefficient (Wildman–Crippen LogP) is 2.31. The number of ketones is 1. The summed E-state index contributed by atoms with van der Waals surface area (Å²) < 4.78 is 30.3. The summed E-state index contributed by atoms with van der Waals surface area (Å²) >= 11 is 0. The monoisotopic (exact) mass is 398 g/mol. The first-order valence-corrected chi connectivity index (χ1v) is 10.4. The van der Waals surface area contributed by atoms with Gasteiger partial charge >= 0.3 is 5.97 Å². The SMILES string of the molecule is C[C@@H]1Cc2cc(C(=O)COC(=O)c3cccc(C#N)c3)ccc2N1S(C)(=O)=O. The van der Waals surface area contributed by atoms with Gasteiger partial charge in [0.25, 0.3) is 0 Å². The maximum absolute atomic E-state index is 12.4. The Kier molecular flexibility index (Phi) is 5.21. The van der Waals surface area contributed by atoms with E-state index < -0.39 is 28.4 Å². The molecule has 0 spiro atoms. The first-order chi connectivity index (χ1) is 13.2. The Morgan fingerprint density at radius 2 is 1.96 bits per heavy atom. The number of carbonyl (C=O) groups is 2. The van der Waals surface area contributed by atoms with Crippen LogP contribution in [0.1, 0.15) is 38.8 Å². The van der Waals surface area contributed by atoms with Gasteiger partial charge in [-0.05, 0) is 55.3 Å². The van der Waals surface area contributed by atoms with E-state index in [0.29, 0.717) is 23.2 Å². The lowest BCUT2D eigenvalue weighted by Crippen LogP contribution is -2.34. The lowest BCUT2D eigenvalue weighted by molar-refractivity contribution is 0.0474. The first kappa shape index (κ1) is 19.6. The summed E-state index contributed by atoms with van der Waals surface area (Å²) in [6, 6.07) is 12.5. The Labute approximate surface area is 163 Å². The Morgan fingerprint density at radius 3 is 2.64 bits per heavy atom. The maximum Gasteiger partial charge on any atom is 0.338 e. The van der Waals surface area contributed by atoms with E-state index in [-0.39, 0.29) is 11.6 Å². The van der Waals surface area contributed by atoms with Gasteiger partial charge in [-0.25, -0.2) is 13.2 Å². The van der Waals surface area contributed by atoms with Crippen LogP contribution >= 0.6 is 0 Å². The third-order valence-electron chi connectivity index (χ3n) is 4.47. The number of carbonyl (C=O) groups excluding carboxylic acids is 2. The molecule has 0 radical (unpaired) electrons. The maximum atomic E-state index is 12.4. The van der Waals surface area contributed by atoms with E-state index in [0.717, 1.165) is 11.8 Å². The van der Waals surface area contributed by atoms with E-state index in [9.17, 15) is 18.0 Å². The van der Waals surface area contributed by atoms with Gasteiger partial charge in [0.2, 0.25) is 10.0 Å². The average Bonchev–Trinajstić information content (AvgIpc) is 3.00. The number of sulfonamides is 1. The summed E-state index contributed by atoms with van der Waals surface area (Å²) in [7, 11) is -3.40. The van der Waals surface area contributed by atoms with E-state index in [1.54, 1.807) is 31.2 Å². The van der Waals surface area contributed by atoms with Gasteiger partial charge in [0.1, 0.15) is 0 Å². The zero-order chi connectivity index (χ0) is 20.5. The summed E-state index contributed by atoms with van der Waals surface area (Å²) in [5.41, 5.74) is 2.19. The third-order valence-corrected chi connectivity index (χ3v) is 5.74. The highest BCUT2D eigenvalue weighted by atomic mass is 32.2. The zero-order valence-corrected chi connectivity index (χ0v) is 16.2. The van der Waals surface area contributed by atoms with Crippen molar-refractivity contribution in [2.75, 3.05) is 17.2 Å². The summed E-state index contributed by atoms with van der Waals surface area (Å²) in [6.45, 7) is 1.36. The fraction of sp³-hybridized carbons (Fsp3) is 0.250. The molecule has 0 aromatic heterocycles. The number of fused-ring (bicyclic) bond motifs is 1. The number of nitriles is 1. The summed E-state index contributed by atoms with van der Waals surface area (Å²) in [5.74, 6) is -1.08. The molecule has 0 bridgehead atoms. The molecule has 1 atom stereocenters. The van der Waals surface area contributed by atoms with Gasteiger partial charge in [-0.3, -0.25) is 9.10 Å². The Morgan fingerprint density at radius 1 is 1.21 bits per heavy atom. The molecule has 2 aromatic rings. The molecule has 0 fully saturated rings. The molecule has 0 unspecified atom stereocenters. The highest BCUT2D eigenvalue weighted by Crippen LogP contribution is 2.34. The summed E-state index contributed by atoms with van der Waals surface area (Å²) in [4.78, 5) is 24.5. The van der Waals surface area contributed by atoms with Gasteiger partial charge in [-0.15, -0.1) is 0 Å². The van der Waals surface area contributed by atoms with Gasteiger partial charge in [0, 0.05) is 11.6 Å². The van der Waals surface area contributed by atoms with Crippen molar-refractivity contribution in [3.63, 3.8) is 0 Å². The lowest BCUT2D eigenvalue weighted by atomic mass is 10.0. The predicted molar refractivity (Wildman–Crippen MR) is 103 cm³/mol. The molecular weight excluding hydrogens is 380 g/mol. The highest BCUT2D eigenvalue weighted by molar-refractivity contribution is 7.92. The van der Waals surface area contributed by atoms with Crippen molar-refractivity contribution in [3.8, 4) is 6.07 Å². The Bertz CT molecular complexity index is 1100. The molecule has 7 nitrogen and oxygen atoms in total. The van der Waals surface area contributed by atoms with Crippen LogP contribution in [0.15, 0.2) is 42.5 Å². The number of ether oxygens (including phenoxy) is 1. The minimum absolute atomic E-state index is 0.193. The third kappa shape index (κ3) is 3.89. The molecular formula is C20H18N2O5S. The lowest BCUT2D eigenvalue weighted by Gasteiger charge is -2.21. The second kappa shape index (κ2) is 7.44. The van der Waals surface area contributed by atoms with Crippen LogP contribution < -0.4 is 4.31 Å². The number of rotatable bonds is 5. The number of anilines is 1. The molecule has 144 valence electrons. The normalized spacial score (nSPS) is 15.6. The van der Waals surface area contributed by atoms with Crippen LogP contribution in [0.5, 0.6) is 0 Å². The second-order valence-corrected chi connectivity index (χ2v) is 8.51. The number of Topliss-reactive ketones (excluding diaryl/α,β-unsaturated/α-hetero) is 1. The molecule has 1 aliphatic heterocycles. The van der Waals surface area contributed by atoms with Crippen LogP contribution in [0.4, 0.5) is 5.69 Å². The molecule has 0 saturated heterocycles. The molecule has 1 heterocycles. The van der Waals surface area contributed by atoms with Crippen molar-refractivity contribution in [2.24, 2.45) is 0 Å². The number of nitrogens with zero attached hydrogens (tertiary/aromatic N) is 2. The van der Waals surface area contributed by atoms with Crippen LogP contribution in [-0.2, 0) is 21.2 Å². The molecule has 28 heavy (non-hydrogen) atoms. The van der Waals surface area contributed by atoms with Gasteiger partial charge in [-0.1, -0.05) is 6.07 Å². The fourth-order valence-electron chi connectivity index (χ4n) is 3.30. The second-order valence-electron chi connectivity index (χ2n) is 6.65. The number of hydrogen-bond donors (Lipinski definition) is 0. The van der Waals surface area contributed by atoms with Crippen LogP contribution in [0.3, 0.4) is 0 Å². The topological polar surface area (TPSA) is 105 Å². The van der Waals surface area contributed by atoms with Gasteiger partial charge in [0.15, 0.2) is 12.4 Å². The number of hydrogen-bond acceptors (Lipinski definition) is 6. The highest BCUT2D eigenvalue weighted by Gasteiger charge is 2.32. The van der Waals surface area contributed by atoms with Crippen LogP contribution in [0, 0.1) is 11.3 Å². The fourth-order valence-corrected chi connectivity index (χ4v) is 4.56. The van der Waals surface area contributed by atoms with Crippen molar-refractivity contribution in [1.29, 1.82) is 5.26 Å². The van der Waals surface area contributed by atoms with Crippen LogP contribution in [-0.4, -0.2) is 39.1 Å². The van der Waals surface area contributed by atoms with E-state index in [2.05, 4.69) is 0 Å². The molecule has 8 heteroatoms. The average molecular weight is 398 g/mol. The molecule has 0 saturated carbocycles. The first-order valence-electron chi connectivity index (χ1n) is 8.53. The quantitative estimate of drug-likeness (QED) is 0.565. The van der Waals surface area contributed by atoms with Crippen molar-refractivity contribution in [1.82, 2.24) is 0 Å². The van der Waals surface area contributed by atoms with E-state index in [1.807, 2.05) is 6.07 Å². The van der Waals surface area contributed by atoms with E-state index in [4.69, 9.17) is 10.00 Å². The number of esters is 1. The van der Waals surface area contributed by atoms with Gasteiger partial charge in [-0.2, -0.15) is 5.26 Å². The Balaban J connectivity index is 1.72. The molecule has 0 amide bonds. The molecule has 1 aliphatic rings. The van der Waals surface area contributed by atoms with Crippen molar-refractivity contribution in [3.05, 3.63) is 64.7 Å². The minimum Gasteiger partial charge on any atom is -0.454 e.